The molecule has 19 heavy (non-hydrogen) atoms. The lowest BCUT2D eigenvalue weighted by Gasteiger charge is -2.22. The molecule has 2 aromatic rings. The third-order valence-electron chi connectivity index (χ3n) is 3.95. The quantitative estimate of drug-likeness (QED) is 0.896. The van der Waals surface area contributed by atoms with Crippen molar-refractivity contribution in [2.45, 2.75) is 32.7 Å². The van der Waals surface area contributed by atoms with Crippen molar-refractivity contribution in [3.05, 3.63) is 35.4 Å². The van der Waals surface area contributed by atoms with Crippen molar-refractivity contribution in [3.8, 4) is 0 Å². The third-order valence-corrected chi connectivity index (χ3v) is 3.95. The molecule has 0 saturated carbocycles. The standard InChI is InChI=1S/C16H21N3/c1-11-6-5-7-13-10-14(12(2)17)16(18-15(11)13)19-8-3-4-9-19/h5-7,10,12H,3-4,8-9,17H2,1-2H3/t12-/m0/s1. The maximum absolute atomic E-state index is 6.14. The first-order valence-corrected chi connectivity index (χ1v) is 7.07. The summed E-state index contributed by atoms with van der Waals surface area (Å²) in [4.78, 5) is 7.30. The van der Waals surface area contributed by atoms with Gasteiger partial charge in [-0.2, -0.15) is 0 Å². The lowest BCUT2D eigenvalue weighted by molar-refractivity contribution is 0.797. The van der Waals surface area contributed by atoms with Crippen LogP contribution in [0.1, 0.15) is 36.9 Å². The number of pyridine rings is 1. The minimum atomic E-state index is 0.0213. The molecule has 3 rings (SSSR count). The van der Waals surface area contributed by atoms with Crippen LogP contribution < -0.4 is 10.6 Å². The highest BCUT2D eigenvalue weighted by atomic mass is 15.2. The molecule has 1 aliphatic rings. The molecular formula is C16H21N3. The van der Waals surface area contributed by atoms with E-state index in [1.54, 1.807) is 0 Å². The fourth-order valence-corrected chi connectivity index (χ4v) is 2.87. The zero-order valence-corrected chi connectivity index (χ0v) is 11.7. The molecule has 0 radical (unpaired) electrons. The number of nitrogens with two attached hydrogens (primary N) is 1. The fraction of sp³-hybridized carbons (Fsp3) is 0.438. The predicted octanol–water partition coefficient (Wildman–Crippen LogP) is 3.16. The molecule has 0 spiro atoms. The molecule has 1 fully saturated rings. The first-order valence-electron chi connectivity index (χ1n) is 7.07. The highest BCUT2D eigenvalue weighted by Crippen LogP contribution is 2.30. The Balaban J connectivity index is 2.21. The zero-order chi connectivity index (χ0) is 13.4. The largest absolute Gasteiger partial charge is 0.356 e. The van der Waals surface area contributed by atoms with Crippen molar-refractivity contribution in [2.24, 2.45) is 5.73 Å². The molecule has 0 aliphatic carbocycles. The Labute approximate surface area is 114 Å². The topological polar surface area (TPSA) is 42.1 Å². The first kappa shape index (κ1) is 12.4. The van der Waals surface area contributed by atoms with Gasteiger partial charge < -0.3 is 10.6 Å². The van der Waals surface area contributed by atoms with Gasteiger partial charge in [0.1, 0.15) is 5.82 Å². The highest BCUT2D eigenvalue weighted by Gasteiger charge is 2.20. The SMILES string of the molecule is Cc1cccc2cc([C@H](C)N)c(N3CCCC3)nc12. The molecule has 3 heteroatoms. The minimum Gasteiger partial charge on any atom is -0.356 e. The smallest absolute Gasteiger partial charge is 0.134 e. The molecule has 0 amide bonds. The van der Waals surface area contributed by atoms with E-state index in [0.717, 1.165) is 24.4 Å². The lowest BCUT2D eigenvalue weighted by atomic mass is 10.0. The molecule has 2 N–H and O–H groups in total. The van der Waals surface area contributed by atoms with Crippen molar-refractivity contribution in [3.63, 3.8) is 0 Å². The maximum Gasteiger partial charge on any atom is 0.134 e. The summed E-state index contributed by atoms with van der Waals surface area (Å²) in [6.45, 7) is 6.36. The van der Waals surface area contributed by atoms with Crippen molar-refractivity contribution < 1.29 is 0 Å². The Morgan fingerprint density at radius 1 is 1.26 bits per heavy atom. The summed E-state index contributed by atoms with van der Waals surface area (Å²) in [5.41, 5.74) is 9.65. The number of fused-ring (bicyclic) bond motifs is 1. The first-order chi connectivity index (χ1) is 9.16. The van der Waals surface area contributed by atoms with E-state index in [0.29, 0.717) is 0 Å². The second-order valence-corrected chi connectivity index (χ2v) is 5.53. The molecule has 1 aromatic heterocycles. The molecule has 100 valence electrons. The van der Waals surface area contributed by atoms with Crippen molar-refractivity contribution >= 4 is 16.7 Å². The van der Waals surface area contributed by atoms with E-state index in [2.05, 4.69) is 36.1 Å². The van der Waals surface area contributed by atoms with Crippen LogP contribution in [0.2, 0.25) is 0 Å². The fourth-order valence-electron chi connectivity index (χ4n) is 2.87. The molecule has 1 atom stereocenters. The van der Waals surface area contributed by atoms with Crippen LogP contribution in [0.25, 0.3) is 10.9 Å². The van der Waals surface area contributed by atoms with Crippen LogP contribution in [0.4, 0.5) is 5.82 Å². The Morgan fingerprint density at radius 2 is 2.00 bits per heavy atom. The normalized spacial score (nSPS) is 17.1. The van der Waals surface area contributed by atoms with Crippen LogP contribution in [0.5, 0.6) is 0 Å². The van der Waals surface area contributed by atoms with Crippen molar-refractivity contribution in [1.82, 2.24) is 4.98 Å². The van der Waals surface area contributed by atoms with E-state index in [9.17, 15) is 0 Å². The number of aryl methyl sites for hydroxylation is 1. The van der Waals surface area contributed by atoms with Crippen LogP contribution in [0.15, 0.2) is 24.3 Å². The van der Waals surface area contributed by atoms with Gasteiger partial charge in [0, 0.05) is 30.1 Å². The van der Waals surface area contributed by atoms with Crippen LogP contribution in [-0.2, 0) is 0 Å². The Kier molecular flexibility index (Phi) is 3.15. The molecule has 3 nitrogen and oxygen atoms in total. The van der Waals surface area contributed by atoms with Gasteiger partial charge in [-0.3, -0.25) is 0 Å². The average Bonchev–Trinajstić information content (AvgIpc) is 2.91. The van der Waals surface area contributed by atoms with Crippen molar-refractivity contribution in [1.29, 1.82) is 0 Å². The monoisotopic (exact) mass is 255 g/mol. The molecule has 0 unspecified atom stereocenters. The summed E-state index contributed by atoms with van der Waals surface area (Å²) < 4.78 is 0. The second-order valence-electron chi connectivity index (χ2n) is 5.53. The van der Waals surface area contributed by atoms with Gasteiger partial charge >= 0.3 is 0 Å². The van der Waals surface area contributed by atoms with Gasteiger partial charge in [-0.15, -0.1) is 0 Å². The number of nitrogens with zero attached hydrogens (tertiary/aromatic N) is 2. The van der Waals surface area contributed by atoms with Crippen LogP contribution in [-0.4, -0.2) is 18.1 Å². The molecule has 1 saturated heterocycles. The molecular weight excluding hydrogens is 234 g/mol. The average molecular weight is 255 g/mol. The number of para-hydroxylation sites is 1. The molecule has 1 aromatic carbocycles. The van der Waals surface area contributed by atoms with Gasteiger partial charge in [-0.25, -0.2) is 4.98 Å². The van der Waals surface area contributed by atoms with Gasteiger partial charge in [-0.05, 0) is 38.3 Å². The van der Waals surface area contributed by atoms with Gasteiger partial charge in [0.05, 0.1) is 5.52 Å². The van der Waals surface area contributed by atoms with Crippen molar-refractivity contribution in [2.75, 3.05) is 18.0 Å². The van der Waals surface area contributed by atoms with Crippen LogP contribution in [0.3, 0.4) is 0 Å². The molecule has 2 heterocycles. The highest BCUT2D eigenvalue weighted by molar-refractivity contribution is 5.84. The molecule has 0 bridgehead atoms. The van der Waals surface area contributed by atoms with E-state index in [1.165, 1.54) is 29.4 Å². The summed E-state index contributed by atoms with van der Waals surface area (Å²) in [6, 6.07) is 8.56. The van der Waals surface area contributed by atoms with Gasteiger partial charge in [0.25, 0.3) is 0 Å². The van der Waals surface area contributed by atoms with Gasteiger partial charge in [0.2, 0.25) is 0 Å². The van der Waals surface area contributed by atoms with Gasteiger partial charge in [0.15, 0.2) is 0 Å². The second kappa shape index (κ2) is 4.82. The summed E-state index contributed by atoms with van der Waals surface area (Å²) in [5.74, 6) is 1.09. The van der Waals surface area contributed by atoms with Crippen LogP contribution >= 0.6 is 0 Å². The number of benzene rings is 1. The van der Waals surface area contributed by atoms with E-state index < -0.39 is 0 Å². The number of hydrogen-bond acceptors (Lipinski definition) is 3. The van der Waals surface area contributed by atoms with Gasteiger partial charge in [-0.1, -0.05) is 18.2 Å². The summed E-state index contributed by atoms with van der Waals surface area (Å²) in [6.07, 6.45) is 2.51. The number of rotatable bonds is 2. The zero-order valence-electron chi connectivity index (χ0n) is 11.7. The van der Waals surface area contributed by atoms with E-state index >= 15 is 0 Å². The number of anilines is 1. The Bertz CT molecular complexity index is 598. The number of hydrogen-bond donors (Lipinski definition) is 1. The van der Waals surface area contributed by atoms with Crippen LogP contribution in [0, 0.1) is 6.92 Å². The summed E-state index contributed by atoms with van der Waals surface area (Å²) >= 11 is 0. The minimum absolute atomic E-state index is 0.0213. The van der Waals surface area contributed by atoms with E-state index in [4.69, 9.17) is 10.7 Å². The van der Waals surface area contributed by atoms with E-state index in [1.807, 2.05) is 6.92 Å². The van der Waals surface area contributed by atoms with E-state index in [-0.39, 0.29) is 6.04 Å². The maximum atomic E-state index is 6.14. The molecule has 1 aliphatic heterocycles. The summed E-state index contributed by atoms with van der Waals surface area (Å²) in [7, 11) is 0. The summed E-state index contributed by atoms with van der Waals surface area (Å²) in [5, 5.41) is 1.19. The number of aromatic nitrogens is 1. The lowest BCUT2D eigenvalue weighted by Crippen LogP contribution is -2.23. The third kappa shape index (κ3) is 2.19. The Morgan fingerprint density at radius 3 is 2.68 bits per heavy atom. The predicted molar refractivity (Wildman–Crippen MR) is 80.5 cm³/mol. The Hall–Kier alpha value is -1.61.